The van der Waals surface area contributed by atoms with E-state index in [0.717, 1.165) is 24.0 Å². The first-order valence-corrected chi connectivity index (χ1v) is 6.88. The van der Waals surface area contributed by atoms with Crippen molar-refractivity contribution in [1.82, 2.24) is 20.3 Å². The van der Waals surface area contributed by atoms with Crippen LogP contribution in [-0.2, 0) is 0 Å². The monoisotopic (exact) mass is 282 g/mol. The minimum Gasteiger partial charge on any atom is -0.453 e. The van der Waals surface area contributed by atoms with Crippen molar-refractivity contribution < 1.29 is 9.21 Å². The Balaban J connectivity index is 1.67. The largest absolute Gasteiger partial charge is 0.453 e. The van der Waals surface area contributed by atoms with E-state index >= 15 is 0 Å². The third-order valence-electron chi connectivity index (χ3n) is 3.77. The van der Waals surface area contributed by atoms with Gasteiger partial charge >= 0.3 is 0 Å². The maximum absolute atomic E-state index is 12.4. The fourth-order valence-corrected chi connectivity index (χ4v) is 2.42. The molecule has 0 atom stereocenters. The minimum absolute atomic E-state index is 0.234. The zero-order valence-electron chi connectivity index (χ0n) is 11.5. The van der Waals surface area contributed by atoms with Gasteiger partial charge in [0.1, 0.15) is 5.58 Å². The van der Waals surface area contributed by atoms with E-state index in [1.54, 1.807) is 16.9 Å². The lowest BCUT2D eigenvalue weighted by molar-refractivity contribution is 0.101. The average molecular weight is 282 g/mol. The summed E-state index contributed by atoms with van der Waals surface area (Å²) in [6, 6.07) is 7.87. The Hall–Kier alpha value is -2.47. The molecule has 106 valence electrons. The zero-order chi connectivity index (χ0) is 14.4. The van der Waals surface area contributed by atoms with E-state index in [-0.39, 0.29) is 11.8 Å². The number of carbonyl (C=O) groups excluding carboxylic acids is 1. The van der Waals surface area contributed by atoms with Crippen molar-refractivity contribution in [3.8, 4) is 0 Å². The molecule has 21 heavy (non-hydrogen) atoms. The van der Waals surface area contributed by atoms with Crippen LogP contribution < -0.4 is 5.32 Å². The van der Waals surface area contributed by atoms with Gasteiger partial charge < -0.3 is 9.73 Å². The Bertz CT molecular complexity index is 829. The van der Waals surface area contributed by atoms with E-state index in [0.29, 0.717) is 17.0 Å². The summed E-state index contributed by atoms with van der Waals surface area (Å²) in [7, 11) is 0. The minimum atomic E-state index is -0.234. The predicted molar refractivity (Wildman–Crippen MR) is 76.3 cm³/mol. The molecule has 4 rings (SSSR count). The highest BCUT2D eigenvalue weighted by Crippen LogP contribution is 2.22. The van der Waals surface area contributed by atoms with Crippen molar-refractivity contribution in [2.24, 2.45) is 0 Å². The molecule has 2 aromatic heterocycles. The number of fused-ring (bicyclic) bond motifs is 1. The lowest BCUT2D eigenvalue weighted by Gasteiger charge is -2.26. The molecule has 6 heteroatoms. The molecule has 0 spiro atoms. The second-order valence-corrected chi connectivity index (χ2v) is 5.38. The van der Waals surface area contributed by atoms with E-state index in [2.05, 4.69) is 15.6 Å². The lowest BCUT2D eigenvalue weighted by atomic mass is 10.1. The van der Waals surface area contributed by atoms with Gasteiger partial charge in [-0.25, -0.2) is 4.68 Å². The van der Waals surface area contributed by atoms with Crippen LogP contribution in [-0.4, -0.2) is 33.9 Å². The summed E-state index contributed by atoms with van der Waals surface area (Å²) >= 11 is 0. The van der Waals surface area contributed by atoms with E-state index in [1.165, 1.54) is 0 Å². The molecule has 0 amide bonds. The van der Waals surface area contributed by atoms with Crippen LogP contribution in [0.25, 0.3) is 11.0 Å². The molecule has 0 aliphatic carbocycles. The van der Waals surface area contributed by atoms with Crippen molar-refractivity contribution in [3.05, 3.63) is 47.5 Å². The number of benzene rings is 1. The average Bonchev–Trinajstić information content (AvgIpc) is 3.02. The number of aryl methyl sites for hydroxylation is 1. The third-order valence-corrected chi connectivity index (χ3v) is 3.77. The van der Waals surface area contributed by atoms with Gasteiger partial charge in [0.2, 0.25) is 5.78 Å². The Labute approximate surface area is 120 Å². The summed E-state index contributed by atoms with van der Waals surface area (Å²) < 4.78 is 7.34. The van der Waals surface area contributed by atoms with E-state index in [4.69, 9.17) is 4.42 Å². The molecule has 1 N–H and O–H groups in total. The van der Waals surface area contributed by atoms with Gasteiger partial charge in [0.25, 0.3) is 0 Å². The van der Waals surface area contributed by atoms with Crippen LogP contribution in [0.1, 0.15) is 27.9 Å². The van der Waals surface area contributed by atoms with Crippen LogP contribution in [0.3, 0.4) is 0 Å². The van der Waals surface area contributed by atoms with Gasteiger partial charge in [-0.15, -0.1) is 5.10 Å². The zero-order valence-corrected chi connectivity index (χ0v) is 11.5. The molecule has 0 bridgehead atoms. The second-order valence-electron chi connectivity index (χ2n) is 5.38. The van der Waals surface area contributed by atoms with Crippen molar-refractivity contribution in [1.29, 1.82) is 0 Å². The van der Waals surface area contributed by atoms with Crippen molar-refractivity contribution in [3.63, 3.8) is 0 Å². The summed E-state index contributed by atoms with van der Waals surface area (Å²) in [6.07, 6.45) is 1.69. The Morgan fingerprint density at radius 3 is 3.00 bits per heavy atom. The van der Waals surface area contributed by atoms with E-state index in [1.807, 2.05) is 25.1 Å². The van der Waals surface area contributed by atoms with Crippen LogP contribution in [0.4, 0.5) is 0 Å². The first-order chi connectivity index (χ1) is 10.2. The molecule has 1 aromatic carbocycles. The molecule has 0 unspecified atom stereocenters. The van der Waals surface area contributed by atoms with Crippen LogP contribution >= 0.6 is 0 Å². The van der Waals surface area contributed by atoms with Crippen molar-refractivity contribution in [2.75, 3.05) is 13.1 Å². The van der Waals surface area contributed by atoms with E-state index < -0.39 is 0 Å². The second kappa shape index (κ2) is 4.53. The summed E-state index contributed by atoms with van der Waals surface area (Å²) in [5.74, 6) is 0.0665. The highest BCUT2D eigenvalue weighted by molar-refractivity contribution is 6.07. The smallest absolute Gasteiger partial charge is 0.250 e. The van der Waals surface area contributed by atoms with Crippen LogP contribution in [0.15, 0.2) is 34.9 Å². The summed E-state index contributed by atoms with van der Waals surface area (Å²) in [4.78, 5) is 12.4. The number of ketones is 1. The number of hydrogen-bond acceptors (Lipinski definition) is 5. The number of nitrogens with one attached hydrogen (secondary N) is 1. The molecular formula is C15H14N4O2. The molecular weight excluding hydrogens is 268 g/mol. The summed E-state index contributed by atoms with van der Waals surface area (Å²) in [5.41, 5.74) is 2.16. The first kappa shape index (κ1) is 12.3. The van der Waals surface area contributed by atoms with Gasteiger partial charge in [-0.1, -0.05) is 16.8 Å². The topological polar surface area (TPSA) is 73.0 Å². The van der Waals surface area contributed by atoms with Gasteiger partial charge in [-0.05, 0) is 25.1 Å². The Morgan fingerprint density at radius 1 is 1.38 bits per heavy atom. The third kappa shape index (κ3) is 2.04. The van der Waals surface area contributed by atoms with Gasteiger partial charge in [0.15, 0.2) is 11.5 Å². The van der Waals surface area contributed by atoms with Crippen molar-refractivity contribution >= 4 is 16.8 Å². The van der Waals surface area contributed by atoms with E-state index in [9.17, 15) is 4.79 Å². The number of rotatable bonds is 3. The maximum atomic E-state index is 12.4. The number of nitrogens with zero attached hydrogens (tertiary/aromatic N) is 3. The molecule has 3 heterocycles. The quantitative estimate of drug-likeness (QED) is 0.740. The normalized spacial score (nSPS) is 15.3. The highest BCUT2D eigenvalue weighted by atomic mass is 16.3. The molecule has 1 saturated heterocycles. The lowest BCUT2D eigenvalue weighted by Crippen LogP contribution is -2.43. The summed E-state index contributed by atoms with van der Waals surface area (Å²) in [5, 5.41) is 12.1. The molecule has 1 aliphatic heterocycles. The van der Waals surface area contributed by atoms with Crippen molar-refractivity contribution in [2.45, 2.75) is 13.0 Å². The molecule has 6 nitrogen and oxygen atoms in total. The highest BCUT2D eigenvalue weighted by Gasteiger charge is 2.23. The standard InChI is InChI=1S/C15H14N4O2/c1-9-2-3-13-10(4-9)5-14(21-13)15(20)12-8-19(18-17-12)11-6-16-7-11/h2-5,8,11,16H,6-7H2,1H3. The Kier molecular flexibility index (Phi) is 2.65. The molecule has 1 fully saturated rings. The first-order valence-electron chi connectivity index (χ1n) is 6.88. The van der Waals surface area contributed by atoms with Gasteiger partial charge in [-0.2, -0.15) is 0 Å². The number of hydrogen-bond donors (Lipinski definition) is 1. The Morgan fingerprint density at radius 2 is 2.24 bits per heavy atom. The summed E-state index contributed by atoms with van der Waals surface area (Å²) in [6.45, 7) is 3.73. The van der Waals surface area contributed by atoms with Crippen LogP contribution in [0.5, 0.6) is 0 Å². The fourth-order valence-electron chi connectivity index (χ4n) is 2.42. The predicted octanol–water partition coefficient (Wildman–Crippen LogP) is 1.71. The molecule has 0 radical (unpaired) electrons. The number of furan rings is 1. The number of carbonyl (C=O) groups is 1. The molecule has 1 aliphatic rings. The van der Waals surface area contributed by atoms with Gasteiger partial charge in [-0.3, -0.25) is 4.79 Å². The van der Waals surface area contributed by atoms with Crippen LogP contribution in [0.2, 0.25) is 0 Å². The van der Waals surface area contributed by atoms with Gasteiger partial charge in [0, 0.05) is 18.5 Å². The fraction of sp³-hybridized carbons (Fsp3) is 0.267. The SMILES string of the molecule is Cc1ccc2oc(C(=O)c3cn(C4CNC4)nn3)cc2c1. The van der Waals surface area contributed by atoms with Crippen LogP contribution in [0, 0.1) is 6.92 Å². The number of aromatic nitrogens is 3. The molecule has 0 saturated carbocycles. The maximum Gasteiger partial charge on any atom is 0.250 e. The molecule has 3 aromatic rings. The van der Waals surface area contributed by atoms with Gasteiger partial charge in [0.05, 0.1) is 12.2 Å².